The first-order valence-electron chi connectivity index (χ1n) is 10.9. The van der Waals surface area contributed by atoms with Crippen molar-refractivity contribution in [3.05, 3.63) is 65.7 Å². The number of rotatable bonds is 5. The lowest BCUT2D eigenvalue weighted by atomic mass is 9.88. The zero-order chi connectivity index (χ0) is 22.0. The van der Waals surface area contributed by atoms with Gasteiger partial charge in [-0.05, 0) is 74.3 Å². The molecule has 2 saturated carbocycles. The molecular formula is C24H28N2O4S. The van der Waals surface area contributed by atoms with E-state index >= 15 is 0 Å². The summed E-state index contributed by atoms with van der Waals surface area (Å²) >= 11 is 0. The smallest absolute Gasteiger partial charge is 0.251 e. The van der Waals surface area contributed by atoms with Crippen LogP contribution in [0.5, 0.6) is 0 Å². The van der Waals surface area contributed by atoms with Gasteiger partial charge in [0.05, 0.1) is 22.6 Å². The molecule has 5 rings (SSSR count). The molecule has 1 saturated heterocycles. The van der Waals surface area contributed by atoms with E-state index in [0.29, 0.717) is 18.0 Å². The van der Waals surface area contributed by atoms with Crippen molar-refractivity contribution in [3.8, 4) is 0 Å². The minimum Gasteiger partial charge on any atom is -0.391 e. The van der Waals surface area contributed by atoms with Gasteiger partial charge in [-0.25, -0.2) is 8.42 Å². The summed E-state index contributed by atoms with van der Waals surface area (Å²) in [6, 6.07) is 15.5. The van der Waals surface area contributed by atoms with Gasteiger partial charge in [0, 0.05) is 12.1 Å². The first-order valence-corrected chi connectivity index (χ1v) is 12.3. The van der Waals surface area contributed by atoms with Gasteiger partial charge in [-0.1, -0.05) is 30.3 Å². The van der Waals surface area contributed by atoms with Crippen molar-refractivity contribution in [2.45, 2.75) is 49.3 Å². The maximum absolute atomic E-state index is 13.3. The van der Waals surface area contributed by atoms with Crippen LogP contribution in [0.1, 0.15) is 42.6 Å². The summed E-state index contributed by atoms with van der Waals surface area (Å²) in [5.74, 6) is 0.615. The minimum absolute atomic E-state index is 0.170. The monoisotopic (exact) mass is 440 g/mol. The number of fused-ring (bicyclic) bond motifs is 1. The van der Waals surface area contributed by atoms with E-state index in [-0.39, 0.29) is 28.7 Å². The van der Waals surface area contributed by atoms with Crippen LogP contribution >= 0.6 is 0 Å². The molecule has 1 aliphatic heterocycles. The second-order valence-corrected chi connectivity index (χ2v) is 11.6. The first-order chi connectivity index (χ1) is 14.7. The fraction of sp³-hybridized carbons (Fsp3) is 0.458. The van der Waals surface area contributed by atoms with Crippen molar-refractivity contribution in [2.75, 3.05) is 6.54 Å². The number of aliphatic hydroxyl groups is 1. The van der Waals surface area contributed by atoms with E-state index in [9.17, 15) is 18.3 Å². The summed E-state index contributed by atoms with van der Waals surface area (Å²) in [6.45, 7) is 4.35. The molecule has 1 heterocycles. The third-order valence-electron chi connectivity index (χ3n) is 7.45. The molecule has 0 spiro atoms. The second kappa shape index (κ2) is 7.15. The molecular weight excluding hydrogens is 412 g/mol. The third kappa shape index (κ3) is 3.30. The van der Waals surface area contributed by atoms with E-state index in [1.165, 1.54) is 16.4 Å². The molecule has 2 N–H and O–H groups in total. The molecule has 7 heteroatoms. The van der Waals surface area contributed by atoms with Crippen LogP contribution < -0.4 is 5.32 Å². The van der Waals surface area contributed by atoms with Crippen LogP contribution in [0, 0.1) is 17.8 Å². The Labute approximate surface area is 183 Å². The largest absolute Gasteiger partial charge is 0.391 e. The summed E-state index contributed by atoms with van der Waals surface area (Å²) in [5, 5.41) is 13.6. The van der Waals surface area contributed by atoms with Crippen LogP contribution in [0.15, 0.2) is 59.5 Å². The van der Waals surface area contributed by atoms with Gasteiger partial charge in [-0.3, -0.25) is 4.79 Å². The first kappa shape index (κ1) is 20.7. The van der Waals surface area contributed by atoms with Gasteiger partial charge in [0.25, 0.3) is 5.91 Å². The van der Waals surface area contributed by atoms with Gasteiger partial charge >= 0.3 is 0 Å². The molecule has 2 aliphatic carbocycles. The average Bonchev–Trinajstić information content (AvgIpc) is 3.38. The Morgan fingerprint density at radius 1 is 1.03 bits per heavy atom. The molecule has 2 aromatic rings. The fourth-order valence-electron chi connectivity index (χ4n) is 5.83. The summed E-state index contributed by atoms with van der Waals surface area (Å²) in [5.41, 5.74) is 0.831. The molecule has 5 atom stereocenters. The van der Waals surface area contributed by atoms with Gasteiger partial charge in [0.15, 0.2) is 0 Å². The molecule has 31 heavy (non-hydrogen) atoms. The predicted octanol–water partition coefficient (Wildman–Crippen LogP) is 2.74. The topological polar surface area (TPSA) is 86.7 Å². The normalized spacial score (nSPS) is 30.0. The Morgan fingerprint density at radius 3 is 2.35 bits per heavy atom. The molecule has 0 aromatic heterocycles. The van der Waals surface area contributed by atoms with E-state index < -0.39 is 21.7 Å². The van der Waals surface area contributed by atoms with Crippen molar-refractivity contribution < 1.29 is 18.3 Å². The number of carbonyl (C=O) groups excluding carboxylic acids is 1. The highest BCUT2D eigenvalue weighted by Gasteiger charge is 2.61. The average molecular weight is 441 g/mol. The lowest BCUT2D eigenvalue weighted by Crippen LogP contribution is -2.43. The van der Waals surface area contributed by atoms with E-state index in [1.807, 2.05) is 44.2 Å². The quantitative estimate of drug-likeness (QED) is 0.749. The molecule has 6 nitrogen and oxygen atoms in total. The van der Waals surface area contributed by atoms with E-state index in [1.54, 1.807) is 12.1 Å². The van der Waals surface area contributed by atoms with E-state index in [2.05, 4.69) is 5.32 Å². The van der Waals surface area contributed by atoms with Gasteiger partial charge in [0.1, 0.15) is 0 Å². The van der Waals surface area contributed by atoms with Crippen molar-refractivity contribution in [3.63, 3.8) is 0 Å². The number of nitrogens with zero attached hydrogens (tertiary/aromatic N) is 1. The summed E-state index contributed by atoms with van der Waals surface area (Å²) in [6.07, 6.45) is 1.28. The highest BCUT2D eigenvalue weighted by Crippen LogP contribution is 2.56. The van der Waals surface area contributed by atoms with Crippen molar-refractivity contribution in [1.82, 2.24) is 9.62 Å². The van der Waals surface area contributed by atoms with Crippen LogP contribution in [0.2, 0.25) is 0 Å². The molecule has 2 bridgehead atoms. The number of amides is 1. The molecule has 2 aromatic carbocycles. The van der Waals surface area contributed by atoms with Crippen molar-refractivity contribution in [2.24, 2.45) is 17.8 Å². The Bertz CT molecular complexity index is 1100. The Balaban J connectivity index is 1.34. The molecule has 0 unspecified atom stereocenters. The van der Waals surface area contributed by atoms with E-state index in [4.69, 9.17) is 0 Å². The molecule has 3 fully saturated rings. The van der Waals surface area contributed by atoms with Gasteiger partial charge < -0.3 is 10.4 Å². The molecule has 1 amide bonds. The highest BCUT2D eigenvalue weighted by atomic mass is 32.2. The van der Waals surface area contributed by atoms with E-state index in [0.717, 1.165) is 18.4 Å². The summed E-state index contributed by atoms with van der Waals surface area (Å²) in [7, 11) is -3.71. The highest BCUT2D eigenvalue weighted by molar-refractivity contribution is 7.89. The minimum atomic E-state index is -3.71. The number of hydrogen-bond donors (Lipinski definition) is 2. The summed E-state index contributed by atoms with van der Waals surface area (Å²) in [4.78, 5) is 13.0. The number of hydrogen-bond acceptors (Lipinski definition) is 4. The predicted molar refractivity (Wildman–Crippen MR) is 117 cm³/mol. The number of sulfonamides is 1. The van der Waals surface area contributed by atoms with Crippen LogP contribution in [0.3, 0.4) is 0 Å². The Kier molecular flexibility index (Phi) is 4.77. The fourth-order valence-corrected chi connectivity index (χ4v) is 7.57. The zero-order valence-corrected chi connectivity index (χ0v) is 18.5. The van der Waals surface area contributed by atoms with Crippen molar-refractivity contribution >= 4 is 15.9 Å². The maximum atomic E-state index is 13.3. The molecule has 164 valence electrons. The molecule has 3 aliphatic rings. The third-order valence-corrected chi connectivity index (χ3v) is 9.33. The number of nitrogens with one attached hydrogen (secondary N) is 1. The van der Waals surface area contributed by atoms with Gasteiger partial charge in [-0.15, -0.1) is 0 Å². The number of carbonyl (C=O) groups is 1. The van der Waals surface area contributed by atoms with Crippen LogP contribution in [-0.2, 0) is 15.6 Å². The zero-order valence-electron chi connectivity index (χ0n) is 17.7. The Hall–Kier alpha value is -2.22. The second-order valence-electron chi connectivity index (χ2n) is 9.68. The van der Waals surface area contributed by atoms with Crippen LogP contribution in [0.25, 0.3) is 0 Å². The number of aliphatic hydroxyl groups excluding tert-OH is 1. The van der Waals surface area contributed by atoms with Crippen LogP contribution in [-0.4, -0.2) is 42.4 Å². The molecule has 0 radical (unpaired) electrons. The lowest BCUT2D eigenvalue weighted by Gasteiger charge is -2.28. The standard InChI is InChI=1S/C24H28N2O4S/c1-24(2,18-6-4-3-5-7-18)25-23(28)15-8-10-19(11-9-15)31(29,30)26-14-17-12-16-13-20(17)21(26)22(16)27/h3-11,16-17,20-22,27H,12-14H2,1-2H3,(H,25,28)/t16-,17-,20+,21-,22-/m0/s1. The Morgan fingerprint density at radius 2 is 1.71 bits per heavy atom. The maximum Gasteiger partial charge on any atom is 0.251 e. The van der Waals surface area contributed by atoms with Crippen molar-refractivity contribution in [1.29, 1.82) is 0 Å². The van der Waals surface area contributed by atoms with Crippen LogP contribution in [0.4, 0.5) is 0 Å². The SMILES string of the molecule is CC(C)(NC(=O)c1ccc(S(=O)(=O)N2C[C@@H]3C[C@H]4C[C@H]3[C@H]2[C@H]4O)cc1)c1ccccc1. The van der Waals surface area contributed by atoms with Gasteiger partial charge in [0.2, 0.25) is 10.0 Å². The lowest BCUT2D eigenvalue weighted by molar-refractivity contribution is 0.0731. The summed E-state index contributed by atoms with van der Waals surface area (Å²) < 4.78 is 28.1. The number of benzene rings is 2. The van der Waals surface area contributed by atoms with Gasteiger partial charge in [-0.2, -0.15) is 4.31 Å².